The molecule has 0 aliphatic rings. The first kappa shape index (κ1) is 24.3. The molecule has 0 aliphatic heterocycles. The van der Waals surface area contributed by atoms with E-state index in [1.807, 2.05) is 30.3 Å². The molecule has 174 valence electrons. The minimum Gasteiger partial charge on any atom is -0.462 e. The Morgan fingerprint density at radius 2 is 1.85 bits per heavy atom. The maximum Gasteiger partial charge on any atom is 0.341 e. The fraction of sp³-hybridized carbons (Fsp3) is 0.125. The summed E-state index contributed by atoms with van der Waals surface area (Å²) in [6.45, 7) is 1.27. The highest BCUT2D eigenvalue weighted by atomic mass is 32.1. The van der Waals surface area contributed by atoms with Crippen molar-refractivity contribution < 1.29 is 28.8 Å². The Balaban J connectivity index is 1.65. The normalized spacial score (nSPS) is 10.6. The summed E-state index contributed by atoms with van der Waals surface area (Å²) < 4.78 is 10.1. The van der Waals surface area contributed by atoms with E-state index in [0.29, 0.717) is 11.1 Å². The molecule has 1 aromatic heterocycles. The summed E-state index contributed by atoms with van der Waals surface area (Å²) >= 11 is 1.16. The second-order valence-electron chi connectivity index (χ2n) is 6.78. The Bertz CT molecular complexity index is 1240. The lowest BCUT2D eigenvalue weighted by atomic mass is 10.0. The summed E-state index contributed by atoms with van der Waals surface area (Å²) in [7, 11) is 0. The minimum absolute atomic E-state index is 0.113. The number of hydrogen-bond acceptors (Lipinski definition) is 8. The van der Waals surface area contributed by atoms with E-state index >= 15 is 0 Å². The van der Waals surface area contributed by atoms with E-state index in [2.05, 4.69) is 5.32 Å². The molecule has 0 atom stereocenters. The lowest BCUT2D eigenvalue weighted by molar-refractivity contribution is -0.384. The van der Waals surface area contributed by atoms with E-state index in [1.165, 1.54) is 24.3 Å². The molecule has 9 nitrogen and oxygen atoms in total. The second kappa shape index (κ2) is 11.5. The van der Waals surface area contributed by atoms with Gasteiger partial charge >= 0.3 is 11.9 Å². The van der Waals surface area contributed by atoms with Crippen LogP contribution in [0.1, 0.15) is 22.8 Å². The molecule has 2 aromatic carbocycles. The molecule has 3 rings (SSSR count). The molecule has 0 bridgehead atoms. The van der Waals surface area contributed by atoms with Gasteiger partial charge in [0.05, 0.1) is 11.5 Å². The highest BCUT2D eigenvalue weighted by Crippen LogP contribution is 2.36. The van der Waals surface area contributed by atoms with Gasteiger partial charge in [0.2, 0.25) is 0 Å². The molecule has 1 N–H and O–H groups in total. The fourth-order valence-corrected chi connectivity index (χ4v) is 3.91. The van der Waals surface area contributed by atoms with Crippen LogP contribution in [-0.4, -0.2) is 36.0 Å². The molecule has 0 radical (unpaired) electrons. The molecule has 0 spiro atoms. The maximum atomic E-state index is 12.6. The van der Waals surface area contributed by atoms with Crippen LogP contribution in [0.4, 0.5) is 10.7 Å². The van der Waals surface area contributed by atoms with Gasteiger partial charge in [-0.15, -0.1) is 11.3 Å². The maximum absolute atomic E-state index is 12.6. The van der Waals surface area contributed by atoms with E-state index < -0.39 is 29.4 Å². The number of carbonyl (C=O) groups is 3. The summed E-state index contributed by atoms with van der Waals surface area (Å²) in [4.78, 5) is 47.1. The Morgan fingerprint density at radius 3 is 2.56 bits per heavy atom. The molecule has 3 aromatic rings. The summed E-state index contributed by atoms with van der Waals surface area (Å²) in [6.07, 6.45) is 2.41. The first-order valence-electron chi connectivity index (χ1n) is 10.1. The Labute approximate surface area is 198 Å². The number of nitrogens with zero attached hydrogens (tertiary/aromatic N) is 1. The molecule has 34 heavy (non-hydrogen) atoms. The summed E-state index contributed by atoms with van der Waals surface area (Å²) in [5, 5.41) is 15.4. The number of rotatable bonds is 9. The first-order valence-corrected chi connectivity index (χ1v) is 11.0. The van der Waals surface area contributed by atoms with Gasteiger partial charge in [0, 0.05) is 29.2 Å². The topological polar surface area (TPSA) is 125 Å². The van der Waals surface area contributed by atoms with Gasteiger partial charge in [-0.1, -0.05) is 42.5 Å². The van der Waals surface area contributed by atoms with Crippen LogP contribution in [0.2, 0.25) is 0 Å². The van der Waals surface area contributed by atoms with Crippen molar-refractivity contribution in [3.8, 4) is 11.1 Å². The highest BCUT2D eigenvalue weighted by molar-refractivity contribution is 7.15. The number of nitro benzene ring substituents is 1. The van der Waals surface area contributed by atoms with Gasteiger partial charge in [-0.05, 0) is 24.1 Å². The Morgan fingerprint density at radius 1 is 1.09 bits per heavy atom. The SMILES string of the molecule is CCOC(=O)c1c(-c2ccccc2)csc1NC(=O)COC(=O)C=Cc1cccc([N+](=O)[O-])c1. The van der Waals surface area contributed by atoms with Gasteiger partial charge in [-0.25, -0.2) is 9.59 Å². The molecule has 10 heteroatoms. The highest BCUT2D eigenvalue weighted by Gasteiger charge is 2.23. The van der Waals surface area contributed by atoms with Crippen LogP contribution >= 0.6 is 11.3 Å². The van der Waals surface area contributed by atoms with Gasteiger partial charge in [0.15, 0.2) is 6.61 Å². The average molecular weight is 480 g/mol. The number of esters is 2. The Hall–Kier alpha value is -4.31. The van der Waals surface area contributed by atoms with E-state index in [-0.39, 0.29) is 22.9 Å². The number of non-ortho nitro benzene ring substituents is 1. The van der Waals surface area contributed by atoms with Crippen molar-refractivity contribution in [3.05, 3.63) is 87.3 Å². The van der Waals surface area contributed by atoms with Crippen LogP contribution in [0.25, 0.3) is 17.2 Å². The lowest BCUT2D eigenvalue weighted by Crippen LogP contribution is -2.21. The van der Waals surface area contributed by atoms with Gasteiger partial charge in [-0.2, -0.15) is 0 Å². The number of nitrogens with one attached hydrogen (secondary N) is 1. The third kappa shape index (κ3) is 6.36. The zero-order valence-corrected chi connectivity index (χ0v) is 18.9. The van der Waals surface area contributed by atoms with Gasteiger partial charge in [0.25, 0.3) is 11.6 Å². The van der Waals surface area contributed by atoms with E-state index in [9.17, 15) is 24.5 Å². The molecule has 0 unspecified atom stereocenters. The van der Waals surface area contributed by atoms with E-state index in [0.717, 1.165) is 23.0 Å². The zero-order valence-electron chi connectivity index (χ0n) is 18.1. The lowest BCUT2D eigenvalue weighted by Gasteiger charge is -2.09. The number of anilines is 1. The third-order valence-corrected chi connectivity index (χ3v) is 5.34. The smallest absolute Gasteiger partial charge is 0.341 e. The minimum atomic E-state index is -0.802. The van der Waals surface area contributed by atoms with Crippen molar-refractivity contribution in [2.75, 3.05) is 18.5 Å². The average Bonchev–Trinajstić information content (AvgIpc) is 3.25. The van der Waals surface area contributed by atoms with Gasteiger partial charge < -0.3 is 14.8 Å². The van der Waals surface area contributed by atoms with Crippen LogP contribution in [-0.2, 0) is 19.1 Å². The standard InChI is InChI=1S/C24H20N2O7S/c1-2-32-24(29)22-19(17-8-4-3-5-9-17)15-34-23(22)25-20(27)14-33-21(28)12-11-16-7-6-10-18(13-16)26(30)31/h3-13,15H,2,14H2,1H3,(H,25,27). The van der Waals surface area contributed by atoms with Crippen LogP contribution in [0, 0.1) is 10.1 Å². The molecule has 0 saturated heterocycles. The molecular formula is C24H20N2O7S. The first-order chi connectivity index (χ1) is 16.4. The third-order valence-electron chi connectivity index (χ3n) is 4.45. The molecule has 0 saturated carbocycles. The number of benzene rings is 2. The number of carbonyl (C=O) groups excluding carboxylic acids is 3. The van der Waals surface area contributed by atoms with E-state index in [4.69, 9.17) is 9.47 Å². The molecular weight excluding hydrogens is 460 g/mol. The summed E-state index contributed by atoms with van der Waals surface area (Å²) in [5.41, 5.74) is 1.96. The molecule has 1 amide bonds. The van der Waals surface area contributed by atoms with Crippen molar-refractivity contribution in [1.29, 1.82) is 0 Å². The van der Waals surface area contributed by atoms with Gasteiger partial charge in [0.1, 0.15) is 10.6 Å². The number of amides is 1. The predicted molar refractivity (Wildman–Crippen MR) is 127 cm³/mol. The fourth-order valence-electron chi connectivity index (χ4n) is 2.94. The monoisotopic (exact) mass is 480 g/mol. The van der Waals surface area contributed by atoms with E-state index in [1.54, 1.807) is 18.4 Å². The second-order valence-corrected chi connectivity index (χ2v) is 7.66. The van der Waals surface area contributed by atoms with Crippen molar-refractivity contribution in [2.24, 2.45) is 0 Å². The quantitative estimate of drug-likeness (QED) is 0.204. The molecule has 1 heterocycles. The van der Waals surface area contributed by atoms with Crippen LogP contribution in [0.3, 0.4) is 0 Å². The number of hydrogen-bond donors (Lipinski definition) is 1. The number of thiophene rings is 1. The van der Waals surface area contributed by atoms with Crippen LogP contribution in [0.15, 0.2) is 66.1 Å². The predicted octanol–water partition coefficient (Wildman–Crippen LogP) is 4.70. The van der Waals surface area contributed by atoms with Crippen molar-refractivity contribution in [2.45, 2.75) is 6.92 Å². The van der Waals surface area contributed by atoms with Crippen LogP contribution in [0.5, 0.6) is 0 Å². The molecule has 0 fully saturated rings. The van der Waals surface area contributed by atoms with Crippen molar-refractivity contribution in [1.82, 2.24) is 0 Å². The largest absolute Gasteiger partial charge is 0.462 e. The zero-order chi connectivity index (χ0) is 24.5. The Kier molecular flexibility index (Phi) is 8.25. The summed E-state index contributed by atoms with van der Waals surface area (Å²) in [6, 6.07) is 14.9. The van der Waals surface area contributed by atoms with Gasteiger partial charge in [-0.3, -0.25) is 14.9 Å². The number of nitro groups is 1. The summed E-state index contributed by atoms with van der Waals surface area (Å²) in [5.74, 6) is -2.01. The number of ether oxygens (including phenoxy) is 2. The molecule has 0 aliphatic carbocycles. The van der Waals surface area contributed by atoms with Crippen molar-refractivity contribution >= 4 is 45.9 Å². The van der Waals surface area contributed by atoms with Crippen LogP contribution < -0.4 is 5.32 Å². The van der Waals surface area contributed by atoms with Crippen molar-refractivity contribution in [3.63, 3.8) is 0 Å².